The number of rotatable bonds is 8. The van der Waals surface area contributed by atoms with Crippen molar-refractivity contribution in [2.24, 2.45) is 11.3 Å². The van der Waals surface area contributed by atoms with E-state index < -0.39 is 0 Å². The van der Waals surface area contributed by atoms with E-state index >= 15 is 0 Å². The molecule has 0 aliphatic carbocycles. The Morgan fingerprint density at radius 1 is 1.29 bits per heavy atom. The van der Waals surface area contributed by atoms with E-state index in [1.165, 1.54) is 0 Å². The lowest BCUT2D eigenvalue weighted by Gasteiger charge is -2.24. The molecule has 0 bridgehead atoms. The zero-order valence-corrected chi connectivity index (χ0v) is 10.5. The van der Waals surface area contributed by atoms with Gasteiger partial charge in [-0.2, -0.15) is 0 Å². The van der Waals surface area contributed by atoms with Crippen LogP contribution in [-0.2, 0) is 4.74 Å². The predicted molar refractivity (Wildman–Crippen MR) is 62.6 cm³/mol. The van der Waals surface area contributed by atoms with E-state index in [1.807, 2.05) is 0 Å². The van der Waals surface area contributed by atoms with Gasteiger partial charge in [0.25, 0.3) is 0 Å². The van der Waals surface area contributed by atoms with Crippen LogP contribution in [0.2, 0.25) is 0 Å². The van der Waals surface area contributed by atoms with Crippen molar-refractivity contribution in [3.05, 3.63) is 0 Å². The highest BCUT2D eigenvalue weighted by Gasteiger charge is 2.16. The van der Waals surface area contributed by atoms with Gasteiger partial charge < -0.3 is 10.1 Å². The highest BCUT2D eigenvalue weighted by molar-refractivity contribution is 4.70. The second-order valence-electron chi connectivity index (χ2n) is 5.16. The Hall–Kier alpha value is -0.0800. The van der Waals surface area contributed by atoms with Crippen molar-refractivity contribution in [3.8, 4) is 0 Å². The van der Waals surface area contributed by atoms with Crippen molar-refractivity contribution in [3.63, 3.8) is 0 Å². The third-order valence-electron chi connectivity index (χ3n) is 2.23. The zero-order chi connectivity index (χ0) is 11.0. The van der Waals surface area contributed by atoms with Gasteiger partial charge in [0.05, 0.1) is 0 Å². The molecule has 0 fully saturated rings. The van der Waals surface area contributed by atoms with Crippen LogP contribution in [0.4, 0.5) is 0 Å². The first kappa shape index (κ1) is 13.9. The Bertz CT molecular complexity index is 132. The number of hydrogen-bond donors (Lipinski definition) is 1. The second-order valence-corrected chi connectivity index (χ2v) is 5.16. The number of hydrogen-bond acceptors (Lipinski definition) is 2. The average molecular weight is 201 g/mol. The number of nitrogens with one attached hydrogen (secondary N) is 1. The Morgan fingerprint density at radius 3 is 2.43 bits per heavy atom. The molecule has 14 heavy (non-hydrogen) atoms. The lowest BCUT2D eigenvalue weighted by Crippen LogP contribution is -2.30. The van der Waals surface area contributed by atoms with Gasteiger partial charge in [-0.1, -0.05) is 34.6 Å². The van der Waals surface area contributed by atoms with Crippen LogP contribution in [0.1, 0.15) is 41.0 Å². The first-order valence-corrected chi connectivity index (χ1v) is 5.76. The van der Waals surface area contributed by atoms with E-state index in [2.05, 4.69) is 39.9 Å². The lowest BCUT2D eigenvalue weighted by molar-refractivity contribution is 0.0845. The van der Waals surface area contributed by atoms with E-state index in [1.54, 1.807) is 0 Å². The first-order valence-electron chi connectivity index (χ1n) is 5.76. The fraction of sp³-hybridized carbons (Fsp3) is 1.00. The maximum atomic E-state index is 5.58. The summed E-state index contributed by atoms with van der Waals surface area (Å²) in [5.74, 6) is 0.645. The fourth-order valence-corrected chi connectivity index (χ4v) is 1.22. The molecule has 0 aromatic carbocycles. The molecule has 0 aromatic heterocycles. The molecule has 0 rings (SSSR count). The van der Waals surface area contributed by atoms with Gasteiger partial charge in [0.15, 0.2) is 0 Å². The topological polar surface area (TPSA) is 21.3 Å². The molecule has 0 amide bonds. The van der Waals surface area contributed by atoms with Crippen LogP contribution in [0.15, 0.2) is 0 Å². The van der Waals surface area contributed by atoms with Crippen molar-refractivity contribution in [1.29, 1.82) is 0 Å². The van der Waals surface area contributed by atoms with E-state index in [-0.39, 0.29) is 0 Å². The third kappa shape index (κ3) is 8.52. The van der Waals surface area contributed by atoms with Crippen LogP contribution in [0.3, 0.4) is 0 Å². The van der Waals surface area contributed by atoms with Crippen molar-refractivity contribution < 1.29 is 4.74 Å². The Labute approximate surface area is 89.4 Å². The van der Waals surface area contributed by atoms with E-state index in [0.29, 0.717) is 11.3 Å². The van der Waals surface area contributed by atoms with Crippen LogP contribution in [-0.4, -0.2) is 26.3 Å². The van der Waals surface area contributed by atoms with Crippen molar-refractivity contribution in [2.45, 2.75) is 41.0 Å². The van der Waals surface area contributed by atoms with Crippen LogP contribution in [0, 0.1) is 11.3 Å². The summed E-state index contributed by atoms with van der Waals surface area (Å²) < 4.78 is 5.58. The molecule has 2 heteroatoms. The minimum atomic E-state index is 0.354. The highest BCUT2D eigenvalue weighted by Crippen LogP contribution is 2.18. The molecule has 0 saturated heterocycles. The average Bonchev–Trinajstić information content (AvgIpc) is 2.09. The SMILES string of the molecule is CCNCC(C)(C)CCOCC(C)C. The first-order chi connectivity index (χ1) is 6.48. The second kappa shape index (κ2) is 7.24. The lowest BCUT2D eigenvalue weighted by atomic mass is 9.90. The molecule has 0 unspecified atom stereocenters. The standard InChI is InChI=1S/C12H27NO/c1-6-13-10-12(4,5)7-8-14-9-11(2)3/h11,13H,6-10H2,1-5H3. The van der Waals surface area contributed by atoms with Crippen LogP contribution < -0.4 is 5.32 Å². The summed E-state index contributed by atoms with van der Waals surface area (Å²) in [6, 6.07) is 0. The summed E-state index contributed by atoms with van der Waals surface area (Å²) in [6.07, 6.45) is 1.13. The third-order valence-corrected chi connectivity index (χ3v) is 2.23. The molecule has 0 aliphatic heterocycles. The Morgan fingerprint density at radius 2 is 1.93 bits per heavy atom. The number of ether oxygens (including phenoxy) is 1. The molecule has 2 nitrogen and oxygen atoms in total. The molecule has 0 heterocycles. The zero-order valence-electron chi connectivity index (χ0n) is 10.5. The fourth-order valence-electron chi connectivity index (χ4n) is 1.22. The minimum Gasteiger partial charge on any atom is -0.381 e. The maximum absolute atomic E-state index is 5.58. The van der Waals surface area contributed by atoms with Gasteiger partial charge in [-0.05, 0) is 24.3 Å². The molecule has 0 atom stereocenters. The predicted octanol–water partition coefficient (Wildman–Crippen LogP) is 2.68. The van der Waals surface area contributed by atoms with Gasteiger partial charge in [-0.3, -0.25) is 0 Å². The van der Waals surface area contributed by atoms with Gasteiger partial charge in [-0.25, -0.2) is 0 Å². The van der Waals surface area contributed by atoms with Crippen molar-refractivity contribution in [2.75, 3.05) is 26.3 Å². The monoisotopic (exact) mass is 201 g/mol. The summed E-state index contributed by atoms with van der Waals surface area (Å²) >= 11 is 0. The molecule has 1 N–H and O–H groups in total. The van der Waals surface area contributed by atoms with Gasteiger partial charge in [0, 0.05) is 19.8 Å². The van der Waals surface area contributed by atoms with E-state index in [0.717, 1.165) is 32.7 Å². The van der Waals surface area contributed by atoms with Crippen molar-refractivity contribution in [1.82, 2.24) is 5.32 Å². The molecular formula is C12H27NO. The van der Waals surface area contributed by atoms with Crippen LogP contribution in [0.5, 0.6) is 0 Å². The van der Waals surface area contributed by atoms with Gasteiger partial charge in [0.1, 0.15) is 0 Å². The maximum Gasteiger partial charge on any atom is 0.0488 e. The van der Waals surface area contributed by atoms with Crippen molar-refractivity contribution >= 4 is 0 Å². The summed E-state index contributed by atoms with van der Waals surface area (Å²) in [4.78, 5) is 0. The summed E-state index contributed by atoms with van der Waals surface area (Å²) in [6.45, 7) is 15.0. The largest absolute Gasteiger partial charge is 0.381 e. The molecule has 0 spiro atoms. The van der Waals surface area contributed by atoms with E-state index in [4.69, 9.17) is 4.74 Å². The normalized spacial score (nSPS) is 12.4. The van der Waals surface area contributed by atoms with Crippen LogP contribution >= 0.6 is 0 Å². The molecule has 0 radical (unpaired) electrons. The van der Waals surface area contributed by atoms with Gasteiger partial charge in [-0.15, -0.1) is 0 Å². The molecule has 86 valence electrons. The molecule has 0 aromatic rings. The molecule has 0 aliphatic rings. The van der Waals surface area contributed by atoms with Gasteiger partial charge >= 0.3 is 0 Å². The highest BCUT2D eigenvalue weighted by atomic mass is 16.5. The summed E-state index contributed by atoms with van der Waals surface area (Å²) in [7, 11) is 0. The Kier molecular flexibility index (Phi) is 7.20. The summed E-state index contributed by atoms with van der Waals surface area (Å²) in [5, 5.41) is 3.38. The quantitative estimate of drug-likeness (QED) is 0.610. The van der Waals surface area contributed by atoms with E-state index in [9.17, 15) is 0 Å². The molecule has 0 saturated carbocycles. The summed E-state index contributed by atoms with van der Waals surface area (Å²) in [5.41, 5.74) is 0.354. The van der Waals surface area contributed by atoms with Crippen LogP contribution in [0.25, 0.3) is 0 Å². The smallest absolute Gasteiger partial charge is 0.0488 e. The molecular weight excluding hydrogens is 174 g/mol. The Balaban J connectivity index is 3.44. The minimum absolute atomic E-state index is 0.354. The van der Waals surface area contributed by atoms with Gasteiger partial charge in [0.2, 0.25) is 0 Å².